The van der Waals surface area contributed by atoms with Crippen LogP contribution >= 0.6 is 0 Å². The fourth-order valence-electron chi connectivity index (χ4n) is 1.62. The topological polar surface area (TPSA) is 98.9 Å². The maximum absolute atomic E-state index is 10.7. The Labute approximate surface area is 115 Å². The summed E-state index contributed by atoms with van der Waals surface area (Å²) in [5.41, 5.74) is 2.08. The number of rotatable bonds is 4. The van der Waals surface area contributed by atoms with Crippen molar-refractivity contribution in [2.24, 2.45) is 0 Å². The van der Waals surface area contributed by atoms with E-state index in [0.717, 1.165) is 11.3 Å². The molecule has 0 unspecified atom stereocenters. The Hall–Kier alpha value is -2.94. The zero-order chi connectivity index (χ0) is 14.5. The second-order valence-corrected chi connectivity index (χ2v) is 4.17. The number of carbonyl (C=O) groups is 1. The van der Waals surface area contributed by atoms with Gasteiger partial charge in [0.2, 0.25) is 0 Å². The molecule has 6 heteroatoms. The molecule has 0 aliphatic rings. The van der Waals surface area contributed by atoms with Crippen molar-refractivity contribution in [1.82, 2.24) is 9.97 Å². The molecule has 0 saturated carbocycles. The van der Waals surface area contributed by atoms with Crippen molar-refractivity contribution < 1.29 is 9.90 Å². The van der Waals surface area contributed by atoms with Crippen LogP contribution in [0.4, 0.5) is 5.82 Å². The Morgan fingerprint density at radius 3 is 2.80 bits per heavy atom. The van der Waals surface area contributed by atoms with Crippen molar-refractivity contribution in [2.75, 3.05) is 5.32 Å². The molecule has 0 aliphatic heterocycles. The van der Waals surface area contributed by atoms with Crippen LogP contribution in [-0.4, -0.2) is 21.0 Å². The molecule has 0 saturated heterocycles. The predicted octanol–water partition coefficient (Wildman–Crippen LogP) is 1.97. The molecule has 0 atom stereocenters. The molecule has 2 heterocycles. The molecule has 0 amide bonds. The summed E-state index contributed by atoms with van der Waals surface area (Å²) in [6.45, 7) is 2.26. The van der Waals surface area contributed by atoms with Gasteiger partial charge in [-0.1, -0.05) is 6.07 Å². The van der Waals surface area contributed by atoms with Crippen LogP contribution in [0.5, 0.6) is 0 Å². The van der Waals surface area contributed by atoms with Gasteiger partial charge in [-0.3, -0.25) is 0 Å². The SMILES string of the molecule is Cc1ccc(C#N)c(NCc2ccc(C(=O)O)nc2)n1. The van der Waals surface area contributed by atoms with Crippen LogP contribution in [0.2, 0.25) is 0 Å². The second-order valence-electron chi connectivity index (χ2n) is 4.17. The van der Waals surface area contributed by atoms with Gasteiger partial charge in [0.15, 0.2) is 0 Å². The summed E-state index contributed by atoms with van der Waals surface area (Å²) in [6.07, 6.45) is 1.48. The number of aromatic carboxylic acids is 1. The molecule has 2 rings (SSSR count). The molecule has 0 spiro atoms. The number of carboxylic acids is 1. The van der Waals surface area contributed by atoms with Gasteiger partial charge in [-0.15, -0.1) is 0 Å². The first-order valence-electron chi connectivity index (χ1n) is 5.90. The standard InChI is InChI=1S/C14H12N4O2/c1-9-2-4-11(6-15)13(18-9)17-8-10-3-5-12(14(19)20)16-7-10/h2-5,7H,8H2,1H3,(H,17,18)(H,19,20). The van der Waals surface area contributed by atoms with Gasteiger partial charge >= 0.3 is 5.97 Å². The molecular formula is C14H12N4O2. The summed E-state index contributed by atoms with van der Waals surface area (Å²) in [4.78, 5) is 18.8. The third kappa shape index (κ3) is 3.09. The van der Waals surface area contributed by atoms with Gasteiger partial charge in [-0.25, -0.2) is 14.8 Å². The van der Waals surface area contributed by atoms with E-state index in [0.29, 0.717) is 17.9 Å². The highest BCUT2D eigenvalue weighted by Gasteiger charge is 2.06. The van der Waals surface area contributed by atoms with Crippen LogP contribution in [0.1, 0.15) is 27.3 Å². The van der Waals surface area contributed by atoms with Crippen LogP contribution < -0.4 is 5.32 Å². The highest BCUT2D eigenvalue weighted by atomic mass is 16.4. The van der Waals surface area contributed by atoms with Crippen LogP contribution in [0, 0.1) is 18.3 Å². The van der Waals surface area contributed by atoms with Crippen LogP contribution in [0.3, 0.4) is 0 Å². The molecule has 0 fully saturated rings. The molecule has 0 aromatic carbocycles. The van der Waals surface area contributed by atoms with Crippen molar-refractivity contribution in [2.45, 2.75) is 13.5 Å². The van der Waals surface area contributed by atoms with Gasteiger partial charge in [0, 0.05) is 18.4 Å². The summed E-state index contributed by atoms with van der Waals surface area (Å²) < 4.78 is 0. The monoisotopic (exact) mass is 268 g/mol. The Morgan fingerprint density at radius 2 is 2.20 bits per heavy atom. The second kappa shape index (κ2) is 5.80. The molecule has 0 radical (unpaired) electrons. The van der Waals surface area contributed by atoms with Gasteiger partial charge in [-0.05, 0) is 30.7 Å². The van der Waals surface area contributed by atoms with Gasteiger partial charge in [-0.2, -0.15) is 5.26 Å². The zero-order valence-corrected chi connectivity index (χ0v) is 10.8. The van der Waals surface area contributed by atoms with Gasteiger partial charge < -0.3 is 10.4 Å². The maximum atomic E-state index is 10.7. The van der Waals surface area contributed by atoms with E-state index in [1.54, 1.807) is 18.2 Å². The lowest BCUT2D eigenvalue weighted by molar-refractivity contribution is 0.0690. The van der Waals surface area contributed by atoms with E-state index < -0.39 is 5.97 Å². The Kier molecular flexibility index (Phi) is 3.91. The largest absolute Gasteiger partial charge is 0.477 e. The first-order chi connectivity index (χ1) is 9.60. The molecule has 0 bridgehead atoms. The summed E-state index contributed by atoms with van der Waals surface area (Å²) in [6, 6.07) is 8.65. The Balaban J connectivity index is 2.11. The van der Waals surface area contributed by atoms with Crippen molar-refractivity contribution in [3.05, 3.63) is 53.0 Å². The van der Waals surface area contributed by atoms with Crippen LogP contribution in [-0.2, 0) is 6.54 Å². The van der Waals surface area contributed by atoms with Crippen LogP contribution in [0.15, 0.2) is 30.5 Å². The Morgan fingerprint density at radius 1 is 1.40 bits per heavy atom. The molecule has 100 valence electrons. The lowest BCUT2D eigenvalue weighted by atomic mass is 10.2. The molecule has 20 heavy (non-hydrogen) atoms. The number of aryl methyl sites for hydroxylation is 1. The minimum absolute atomic E-state index is 0.000134. The lowest BCUT2D eigenvalue weighted by Gasteiger charge is -2.08. The van der Waals surface area contributed by atoms with Crippen LogP contribution in [0.25, 0.3) is 0 Å². The molecule has 2 aromatic rings. The molecule has 2 aromatic heterocycles. The smallest absolute Gasteiger partial charge is 0.354 e. The first-order valence-corrected chi connectivity index (χ1v) is 5.90. The lowest BCUT2D eigenvalue weighted by Crippen LogP contribution is -2.06. The number of nitrogens with zero attached hydrogens (tertiary/aromatic N) is 3. The van der Waals surface area contributed by atoms with E-state index in [1.165, 1.54) is 12.3 Å². The molecule has 6 nitrogen and oxygen atoms in total. The first kappa shape index (κ1) is 13.5. The number of pyridine rings is 2. The van der Waals surface area contributed by atoms with Crippen molar-refractivity contribution >= 4 is 11.8 Å². The normalized spacial score (nSPS) is 9.80. The molecule has 2 N–H and O–H groups in total. The number of anilines is 1. The number of nitriles is 1. The number of carboxylic acid groups (broad SMARTS) is 1. The summed E-state index contributed by atoms with van der Waals surface area (Å²) in [7, 11) is 0. The summed E-state index contributed by atoms with van der Waals surface area (Å²) in [5.74, 6) is -0.550. The number of hydrogen-bond donors (Lipinski definition) is 2. The van der Waals surface area contributed by atoms with Gasteiger partial charge in [0.1, 0.15) is 17.6 Å². The highest BCUT2D eigenvalue weighted by molar-refractivity contribution is 5.85. The third-order valence-electron chi connectivity index (χ3n) is 2.66. The minimum atomic E-state index is -1.06. The average molecular weight is 268 g/mol. The maximum Gasteiger partial charge on any atom is 0.354 e. The molecular weight excluding hydrogens is 256 g/mol. The number of aromatic nitrogens is 2. The van der Waals surface area contributed by atoms with Crippen molar-refractivity contribution in [1.29, 1.82) is 5.26 Å². The number of hydrogen-bond acceptors (Lipinski definition) is 5. The van der Waals surface area contributed by atoms with E-state index in [1.807, 2.05) is 6.92 Å². The third-order valence-corrected chi connectivity index (χ3v) is 2.66. The fourth-order valence-corrected chi connectivity index (χ4v) is 1.62. The number of nitrogens with one attached hydrogen (secondary N) is 1. The van der Waals surface area contributed by atoms with Gasteiger partial charge in [0.05, 0.1) is 5.56 Å². The van der Waals surface area contributed by atoms with E-state index in [2.05, 4.69) is 21.4 Å². The zero-order valence-electron chi connectivity index (χ0n) is 10.8. The van der Waals surface area contributed by atoms with Crippen molar-refractivity contribution in [3.8, 4) is 6.07 Å². The van der Waals surface area contributed by atoms with E-state index in [-0.39, 0.29) is 5.69 Å². The Bertz CT molecular complexity index is 675. The summed E-state index contributed by atoms with van der Waals surface area (Å²) >= 11 is 0. The van der Waals surface area contributed by atoms with E-state index in [4.69, 9.17) is 10.4 Å². The average Bonchev–Trinajstić information content (AvgIpc) is 2.45. The summed E-state index contributed by atoms with van der Waals surface area (Å²) in [5, 5.41) is 20.8. The van der Waals surface area contributed by atoms with E-state index >= 15 is 0 Å². The fraction of sp³-hybridized carbons (Fsp3) is 0.143. The van der Waals surface area contributed by atoms with Gasteiger partial charge in [0.25, 0.3) is 0 Å². The van der Waals surface area contributed by atoms with E-state index in [9.17, 15) is 4.79 Å². The quantitative estimate of drug-likeness (QED) is 0.879. The highest BCUT2D eigenvalue weighted by Crippen LogP contribution is 2.13. The minimum Gasteiger partial charge on any atom is -0.477 e. The predicted molar refractivity (Wildman–Crippen MR) is 72.2 cm³/mol. The van der Waals surface area contributed by atoms with Crippen molar-refractivity contribution in [3.63, 3.8) is 0 Å². The molecule has 0 aliphatic carbocycles.